The molecule has 0 spiro atoms. The van der Waals surface area contributed by atoms with Crippen molar-refractivity contribution < 1.29 is 17.5 Å². The first-order valence-electron chi connectivity index (χ1n) is 11.7. The lowest BCUT2D eigenvalue weighted by molar-refractivity contribution is 0.381. The van der Waals surface area contributed by atoms with Gasteiger partial charge in [0.25, 0.3) is 0 Å². The zero-order chi connectivity index (χ0) is 25.5. The lowest BCUT2D eigenvalue weighted by Crippen LogP contribution is -2.00. The van der Waals surface area contributed by atoms with E-state index in [1.165, 1.54) is 36.7 Å². The van der Waals surface area contributed by atoms with Gasteiger partial charge in [-0.3, -0.25) is 9.11 Å². The molecule has 0 saturated heterocycles. The summed E-state index contributed by atoms with van der Waals surface area (Å²) in [6.45, 7) is 3.68. The highest BCUT2D eigenvalue weighted by atomic mass is 32.3. The van der Waals surface area contributed by atoms with Gasteiger partial charge in [0.2, 0.25) is 0 Å². The molecule has 0 saturated carbocycles. The van der Waals surface area contributed by atoms with Crippen LogP contribution in [0.15, 0.2) is 61.2 Å². The standard InChI is InChI=1S/2C12H17N3.H2O4S/c2*13-8-4-1-5-9-15-10-14-11-6-2-3-7-12(11)15;1-5(2,3)4/h2*2-3,6-7,10H,1,4-5,8-9,13H2;(H2,1,2,3,4). The summed E-state index contributed by atoms with van der Waals surface area (Å²) in [5.74, 6) is 0. The van der Waals surface area contributed by atoms with Crippen LogP contribution >= 0.6 is 0 Å². The zero-order valence-electron chi connectivity index (χ0n) is 19.9. The third-order valence-corrected chi connectivity index (χ3v) is 5.26. The highest BCUT2D eigenvalue weighted by molar-refractivity contribution is 7.79. The normalized spacial score (nSPS) is 11.1. The van der Waals surface area contributed by atoms with E-state index in [0.29, 0.717) is 0 Å². The van der Waals surface area contributed by atoms with E-state index in [1.54, 1.807) is 0 Å². The van der Waals surface area contributed by atoms with Crippen LogP contribution in [0.4, 0.5) is 0 Å². The van der Waals surface area contributed by atoms with Gasteiger partial charge >= 0.3 is 10.4 Å². The molecule has 6 N–H and O–H groups in total. The first kappa shape index (κ1) is 28.4. The molecule has 2 heterocycles. The van der Waals surface area contributed by atoms with Crippen molar-refractivity contribution >= 4 is 32.5 Å². The number of rotatable bonds is 10. The summed E-state index contributed by atoms with van der Waals surface area (Å²) in [6.07, 6.45) is 10.8. The maximum atomic E-state index is 8.74. The predicted molar refractivity (Wildman–Crippen MR) is 139 cm³/mol. The summed E-state index contributed by atoms with van der Waals surface area (Å²) in [4.78, 5) is 8.71. The van der Waals surface area contributed by atoms with Gasteiger partial charge in [-0.15, -0.1) is 0 Å². The van der Waals surface area contributed by atoms with E-state index in [0.717, 1.165) is 50.1 Å². The Hall–Kier alpha value is -2.83. The van der Waals surface area contributed by atoms with Crippen molar-refractivity contribution in [2.75, 3.05) is 13.1 Å². The highest BCUT2D eigenvalue weighted by Crippen LogP contribution is 2.13. The third-order valence-electron chi connectivity index (χ3n) is 5.26. The van der Waals surface area contributed by atoms with Crippen LogP contribution in [0.2, 0.25) is 0 Å². The fourth-order valence-electron chi connectivity index (χ4n) is 3.58. The van der Waals surface area contributed by atoms with Gasteiger partial charge in [0.1, 0.15) is 0 Å². The fraction of sp³-hybridized carbons (Fsp3) is 0.417. The van der Waals surface area contributed by atoms with Crippen LogP contribution in [-0.4, -0.2) is 49.7 Å². The Morgan fingerprint density at radius 2 is 1.03 bits per heavy atom. The summed E-state index contributed by atoms with van der Waals surface area (Å²) in [7, 11) is -4.67. The SMILES string of the molecule is NCCCCCn1cnc2ccccc21.NCCCCCn1cnc2ccccc21.O=S(=O)(O)O. The maximum absolute atomic E-state index is 8.74. The second kappa shape index (κ2) is 15.2. The Bertz CT molecular complexity index is 1150. The number of hydrogen-bond acceptors (Lipinski definition) is 6. The maximum Gasteiger partial charge on any atom is 0.394 e. The molecule has 0 radical (unpaired) electrons. The fourth-order valence-corrected chi connectivity index (χ4v) is 3.58. The summed E-state index contributed by atoms with van der Waals surface area (Å²) in [5.41, 5.74) is 15.5. The Morgan fingerprint density at radius 1 is 0.657 bits per heavy atom. The molecule has 10 nitrogen and oxygen atoms in total. The number of aromatic nitrogens is 4. The summed E-state index contributed by atoms with van der Waals surface area (Å²) < 4.78 is 36.0. The molecule has 0 amide bonds. The van der Waals surface area contributed by atoms with Crippen molar-refractivity contribution in [1.29, 1.82) is 0 Å². The van der Waals surface area contributed by atoms with Crippen molar-refractivity contribution in [3.05, 3.63) is 61.2 Å². The number of unbranched alkanes of at least 4 members (excludes halogenated alkanes) is 4. The molecule has 0 aliphatic rings. The molecular weight excluding hydrogens is 468 g/mol. The van der Waals surface area contributed by atoms with Crippen LogP contribution in [0.3, 0.4) is 0 Å². The first-order chi connectivity index (χ1) is 16.8. The number of nitrogens with zero attached hydrogens (tertiary/aromatic N) is 4. The van der Waals surface area contributed by atoms with E-state index in [-0.39, 0.29) is 0 Å². The smallest absolute Gasteiger partial charge is 0.331 e. The van der Waals surface area contributed by atoms with Crippen molar-refractivity contribution in [2.45, 2.75) is 51.6 Å². The van der Waals surface area contributed by atoms with E-state index in [1.807, 2.05) is 36.9 Å². The number of hydrogen-bond donors (Lipinski definition) is 4. The Morgan fingerprint density at radius 3 is 1.40 bits per heavy atom. The van der Waals surface area contributed by atoms with E-state index >= 15 is 0 Å². The van der Waals surface area contributed by atoms with Gasteiger partial charge in [-0.1, -0.05) is 37.1 Å². The molecule has 192 valence electrons. The zero-order valence-corrected chi connectivity index (χ0v) is 20.7. The second-order valence-electron chi connectivity index (χ2n) is 8.00. The van der Waals surface area contributed by atoms with Gasteiger partial charge < -0.3 is 20.6 Å². The minimum atomic E-state index is -4.67. The van der Waals surface area contributed by atoms with Gasteiger partial charge in [-0.05, 0) is 63.0 Å². The average molecular weight is 505 g/mol. The van der Waals surface area contributed by atoms with Gasteiger partial charge in [0.15, 0.2) is 0 Å². The number of fused-ring (bicyclic) bond motifs is 2. The molecule has 11 heteroatoms. The Kier molecular flexibility index (Phi) is 12.4. The van der Waals surface area contributed by atoms with E-state index in [2.05, 4.69) is 43.4 Å². The van der Waals surface area contributed by atoms with Gasteiger partial charge in [-0.2, -0.15) is 8.42 Å². The number of imidazole rings is 2. The molecule has 0 aliphatic heterocycles. The minimum Gasteiger partial charge on any atom is -0.331 e. The molecule has 35 heavy (non-hydrogen) atoms. The second-order valence-corrected chi connectivity index (χ2v) is 8.90. The largest absolute Gasteiger partial charge is 0.394 e. The highest BCUT2D eigenvalue weighted by Gasteiger charge is 2.01. The van der Waals surface area contributed by atoms with Gasteiger partial charge in [0, 0.05) is 13.1 Å². The lowest BCUT2D eigenvalue weighted by atomic mass is 10.2. The minimum absolute atomic E-state index is 0.796. The van der Waals surface area contributed by atoms with Crippen LogP contribution in [0.5, 0.6) is 0 Å². The average Bonchev–Trinajstić information content (AvgIpc) is 3.43. The molecule has 2 aromatic carbocycles. The van der Waals surface area contributed by atoms with E-state index in [9.17, 15) is 0 Å². The first-order valence-corrected chi connectivity index (χ1v) is 13.1. The van der Waals surface area contributed by atoms with Crippen molar-refractivity contribution in [1.82, 2.24) is 19.1 Å². The van der Waals surface area contributed by atoms with Gasteiger partial charge in [0.05, 0.1) is 34.7 Å². The van der Waals surface area contributed by atoms with Crippen LogP contribution in [-0.2, 0) is 23.5 Å². The number of nitrogens with two attached hydrogens (primary N) is 2. The van der Waals surface area contributed by atoms with Crippen LogP contribution in [0, 0.1) is 0 Å². The lowest BCUT2D eigenvalue weighted by Gasteiger charge is -2.03. The monoisotopic (exact) mass is 504 g/mol. The number of para-hydroxylation sites is 4. The topological polar surface area (TPSA) is 162 Å². The number of aryl methyl sites for hydroxylation is 2. The molecule has 4 rings (SSSR count). The van der Waals surface area contributed by atoms with Crippen molar-refractivity contribution in [3.63, 3.8) is 0 Å². The quantitative estimate of drug-likeness (QED) is 0.188. The predicted octanol–water partition coefficient (Wildman–Crippen LogP) is 3.68. The summed E-state index contributed by atoms with van der Waals surface area (Å²) in [6, 6.07) is 16.5. The molecule has 2 aromatic heterocycles. The van der Waals surface area contributed by atoms with Crippen molar-refractivity contribution in [3.8, 4) is 0 Å². The molecule has 0 bridgehead atoms. The molecule has 4 aromatic rings. The van der Waals surface area contributed by atoms with Gasteiger partial charge in [-0.25, -0.2) is 9.97 Å². The number of benzene rings is 2. The summed E-state index contributed by atoms with van der Waals surface area (Å²) in [5, 5.41) is 0. The van der Waals surface area contributed by atoms with Crippen LogP contribution < -0.4 is 11.5 Å². The Balaban J connectivity index is 0.000000208. The molecule has 0 aliphatic carbocycles. The molecule has 0 unspecified atom stereocenters. The van der Waals surface area contributed by atoms with E-state index < -0.39 is 10.4 Å². The van der Waals surface area contributed by atoms with Crippen LogP contribution in [0.1, 0.15) is 38.5 Å². The van der Waals surface area contributed by atoms with E-state index in [4.69, 9.17) is 29.0 Å². The third kappa shape index (κ3) is 11.0. The molecule has 0 atom stereocenters. The molecule has 0 fully saturated rings. The Labute approximate surface area is 206 Å². The summed E-state index contributed by atoms with van der Waals surface area (Å²) >= 11 is 0. The van der Waals surface area contributed by atoms with Crippen LogP contribution in [0.25, 0.3) is 22.1 Å². The molecular formula is C24H36N6O4S. The van der Waals surface area contributed by atoms with Crippen molar-refractivity contribution in [2.24, 2.45) is 11.5 Å².